The van der Waals surface area contributed by atoms with E-state index < -0.39 is 0 Å². The zero-order valence-electron chi connectivity index (χ0n) is 12.0. The van der Waals surface area contributed by atoms with E-state index in [1.54, 1.807) is 0 Å². The predicted molar refractivity (Wildman–Crippen MR) is 78.7 cm³/mol. The van der Waals surface area contributed by atoms with Gasteiger partial charge in [0.05, 0.1) is 11.7 Å². The fraction of sp³-hybridized carbons (Fsp3) is 0.692. The number of nitrogens with one attached hydrogen (secondary N) is 2. The number of hydrogen-bond acceptors (Lipinski definition) is 6. The van der Waals surface area contributed by atoms with Gasteiger partial charge in [-0.2, -0.15) is 4.98 Å². The Bertz CT molecular complexity index is 416. The lowest BCUT2D eigenvalue weighted by Crippen LogP contribution is -2.51. The Balaban J connectivity index is 2.20. The van der Waals surface area contributed by atoms with Crippen LogP contribution in [-0.2, 0) is 0 Å². The molecule has 0 bridgehead atoms. The third-order valence-electron chi connectivity index (χ3n) is 3.27. The van der Waals surface area contributed by atoms with Crippen molar-refractivity contribution in [1.82, 2.24) is 15.3 Å². The first-order valence-corrected chi connectivity index (χ1v) is 6.87. The van der Waals surface area contributed by atoms with Gasteiger partial charge in [-0.3, -0.25) is 0 Å². The molecule has 1 saturated heterocycles. The fourth-order valence-corrected chi connectivity index (χ4v) is 1.89. The van der Waals surface area contributed by atoms with Crippen LogP contribution in [0, 0.1) is 0 Å². The van der Waals surface area contributed by atoms with Crippen molar-refractivity contribution < 1.29 is 0 Å². The van der Waals surface area contributed by atoms with Crippen molar-refractivity contribution in [3.8, 4) is 0 Å². The normalized spacial score (nSPS) is 15.4. The van der Waals surface area contributed by atoms with Crippen LogP contribution in [0.5, 0.6) is 0 Å². The molecule has 0 atom stereocenters. The van der Waals surface area contributed by atoms with Crippen LogP contribution >= 0.6 is 0 Å². The second kappa shape index (κ2) is 6.16. The first-order valence-electron chi connectivity index (χ1n) is 6.87. The lowest BCUT2D eigenvalue weighted by Gasteiger charge is -2.29. The number of anilines is 2. The molecular formula is C13H24N6. The highest BCUT2D eigenvalue weighted by Crippen LogP contribution is 2.20. The topological polar surface area (TPSA) is 79.1 Å². The second-order valence-electron chi connectivity index (χ2n) is 5.34. The second-order valence-corrected chi connectivity index (χ2v) is 5.34. The predicted octanol–water partition coefficient (Wildman–Crippen LogP) is 0.379. The van der Waals surface area contributed by atoms with E-state index in [4.69, 9.17) is 5.73 Å². The lowest BCUT2D eigenvalue weighted by atomic mass is 10.1. The Hall–Kier alpha value is -1.40. The molecular weight excluding hydrogens is 240 g/mol. The molecule has 1 fully saturated rings. The maximum absolute atomic E-state index is 5.59. The van der Waals surface area contributed by atoms with Gasteiger partial charge in [0.2, 0.25) is 5.95 Å². The van der Waals surface area contributed by atoms with Gasteiger partial charge in [0.1, 0.15) is 5.82 Å². The summed E-state index contributed by atoms with van der Waals surface area (Å²) in [5.74, 6) is 2.03. The van der Waals surface area contributed by atoms with Gasteiger partial charge in [-0.1, -0.05) is 13.8 Å². The lowest BCUT2D eigenvalue weighted by molar-refractivity contribution is 0.471. The molecule has 106 valence electrons. The summed E-state index contributed by atoms with van der Waals surface area (Å²) in [4.78, 5) is 11.2. The van der Waals surface area contributed by atoms with Gasteiger partial charge in [0.25, 0.3) is 0 Å². The number of aromatic nitrogens is 2. The molecule has 2 heterocycles. The Morgan fingerprint density at radius 2 is 2.21 bits per heavy atom. The molecule has 1 aromatic rings. The minimum atomic E-state index is 0.382. The number of nitrogens with zero attached hydrogens (tertiary/aromatic N) is 3. The smallest absolute Gasteiger partial charge is 0.227 e. The van der Waals surface area contributed by atoms with Crippen molar-refractivity contribution in [2.24, 2.45) is 5.73 Å². The molecule has 0 amide bonds. The third-order valence-corrected chi connectivity index (χ3v) is 3.27. The fourth-order valence-electron chi connectivity index (χ4n) is 1.89. The largest absolute Gasteiger partial charge is 0.365 e. The van der Waals surface area contributed by atoms with Crippen LogP contribution in [0.1, 0.15) is 25.5 Å². The van der Waals surface area contributed by atoms with Gasteiger partial charge >= 0.3 is 0 Å². The molecule has 0 saturated carbocycles. The molecule has 19 heavy (non-hydrogen) atoms. The van der Waals surface area contributed by atoms with Gasteiger partial charge < -0.3 is 21.3 Å². The quantitative estimate of drug-likeness (QED) is 0.689. The molecule has 4 N–H and O–H groups in total. The van der Waals surface area contributed by atoms with Crippen LogP contribution in [0.2, 0.25) is 0 Å². The summed E-state index contributed by atoms with van der Waals surface area (Å²) in [6, 6.07) is 2.52. The summed E-state index contributed by atoms with van der Waals surface area (Å²) >= 11 is 0. The number of likely N-dealkylation sites (N-methyl/N-ethyl adjacent to an activating group) is 1. The third kappa shape index (κ3) is 3.54. The van der Waals surface area contributed by atoms with Crippen LogP contribution in [-0.4, -0.2) is 49.2 Å². The minimum Gasteiger partial charge on any atom is -0.365 e. The summed E-state index contributed by atoms with van der Waals surface area (Å²) in [6.07, 6.45) is 0. The zero-order valence-corrected chi connectivity index (χ0v) is 12.0. The standard InChI is InChI=1S/C13H24N6/c1-9(2)11-6-12(16-10-7-15-8-10)18-13(17-11)19(3)5-4-14/h6,9-10,15H,4-5,7-8,14H2,1-3H3,(H,16,17,18). The number of rotatable bonds is 6. The van der Waals surface area contributed by atoms with Crippen molar-refractivity contribution in [2.45, 2.75) is 25.8 Å². The summed E-state index contributed by atoms with van der Waals surface area (Å²) in [7, 11) is 1.97. The van der Waals surface area contributed by atoms with Crippen molar-refractivity contribution >= 4 is 11.8 Å². The van der Waals surface area contributed by atoms with Crippen LogP contribution < -0.4 is 21.3 Å². The van der Waals surface area contributed by atoms with Crippen molar-refractivity contribution in [3.05, 3.63) is 11.8 Å². The summed E-state index contributed by atoms with van der Waals surface area (Å²) < 4.78 is 0. The van der Waals surface area contributed by atoms with E-state index in [9.17, 15) is 0 Å². The van der Waals surface area contributed by atoms with E-state index in [1.165, 1.54) is 0 Å². The molecule has 0 unspecified atom stereocenters. The van der Waals surface area contributed by atoms with Gasteiger partial charge in [-0.25, -0.2) is 4.98 Å². The molecule has 1 aromatic heterocycles. The van der Waals surface area contributed by atoms with Crippen LogP contribution in [0.3, 0.4) is 0 Å². The molecule has 2 rings (SSSR count). The maximum Gasteiger partial charge on any atom is 0.227 e. The van der Waals surface area contributed by atoms with Gasteiger partial charge in [0.15, 0.2) is 0 Å². The maximum atomic E-state index is 5.59. The first kappa shape index (κ1) is 14.0. The van der Waals surface area contributed by atoms with E-state index in [2.05, 4.69) is 34.4 Å². The summed E-state index contributed by atoms with van der Waals surface area (Å²) in [6.45, 7) is 7.63. The molecule has 0 aromatic carbocycles. The molecule has 1 aliphatic heterocycles. The minimum absolute atomic E-state index is 0.382. The monoisotopic (exact) mass is 264 g/mol. The summed E-state index contributed by atoms with van der Waals surface area (Å²) in [5, 5.41) is 6.68. The highest BCUT2D eigenvalue weighted by molar-refractivity contribution is 5.45. The molecule has 0 spiro atoms. The van der Waals surface area contributed by atoms with E-state index in [1.807, 2.05) is 18.0 Å². The van der Waals surface area contributed by atoms with Crippen molar-refractivity contribution in [1.29, 1.82) is 0 Å². The number of hydrogen-bond donors (Lipinski definition) is 3. The highest BCUT2D eigenvalue weighted by atomic mass is 15.3. The van der Waals surface area contributed by atoms with E-state index >= 15 is 0 Å². The van der Waals surface area contributed by atoms with Crippen molar-refractivity contribution in [2.75, 3.05) is 43.4 Å². The Morgan fingerprint density at radius 3 is 2.74 bits per heavy atom. The van der Waals surface area contributed by atoms with Gasteiger partial charge in [-0.15, -0.1) is 0 Å². The van der Waals surface area contributed by atoms with E-state index in [0.717, 1.165) is 37.1 Å². The average Bonchev–Trinajstić information content (AvgIpc) is 2.34. The van der Waals surface area contributed by atoms with Crippen LogP contribution in [0.4, 0.5) is 11.8 Å². The van der Waals surface area contributed by atoms with Crippen molar-refractivity contribution in [3.63, 3.8) is 0 Å². The SMILES string of the molecule is CC(C)c1cc(NC2CNC2)nc(N(C)CCN)n1. The molecule has 1 aliphatic rings. The molecule has 6 heteroatoms. The van der Waals surface area contributed by atoms with Gasteiger partial charge in [0, 0.05) is 39.3 Å². The van der Waals surface area contributed by atoms with Crippen LogP contribution in [0.25, 0.3) is 0 Å². The average molecular weight is 264 g/mol. The zero-order chi connectivity index (χ0) is 13.8. The Kier molecular flexibility index (Phi) is 4.55. The number of nitrogens with two attached hydrogens (primary N) is 1. The van der Waals surface area contributed by atoms with Gasteiger partial charge in [-0.05, 0) is 5.92 Å². The molecule has 6 nitrogen and oxygen atoms in total. The Labute approximate surface area is 114 Å². The van der Waals surface area contributed by atoms with E-state index in [-0.39, 0.29) is 0 Å². The highest BCUT2D eigenvalue weighted by Gasteiger charge is 2.18. The summed E-state index contributed by atoms with van der Waals surface area (Å²) in [5.41, 5.74) is 6.65. The van der Waals surface area contributed by atoms with Crippen LogP contribution in [0.15, 0.2) is 6.07 Å². The Morgan fingerprint density at radius 1 is 1.47 bits per heavy atom. The van der Waals surface area contributed by atoms with E-state index in [0.29, 0.717) is 18.5 Å². The molecule has 0 aliphatic carbocycles. The molecule has 0 radical (unpaired) electrons. The first-order chi connectivity index (χ1) is 9.10.